The average Bonchev–Trinajstić information content (AvgIpc) is 3.21. The van der Waals surface area contributed by atoms with E-state index in [9.17, 15) is 0 Å². The first-order chi connectivity index (χ1) is 12.2. The summed E-state index contributed by atoms with van der Waals surface area (Å²) in [5, 5.41) is 4.55. The van der Waals surface area contributed by atoms with Gasteiger partial charge in [-0.15, -0.1) is 0 Å². The van der Waals surface area contributed by atoms with Crippen LogP contribution in [0.15, 0.2) is 18.6 Å². The van der Waals surface area contributed by atoms with Gasteiger partial charge < -0.3 is 4.98 Å². The lowest BCUT2D eigenvalue weighted by Crippen LogP contribution is -2.35. The van der Waals surface area contributed by atoms with Crippen molar-refractivity contribution in [1.29, 1.82) is 0 Å². The number of H-pyrrole nitrogens is 1. The highest BCUT2D eigenvalue weighted by Crippen LogP contribution is 2.32. The quantitative estimate of drug-likeness (QED) is 0.762. The summed E-state index contributed by atoms with van der Waals surface area (Å²) in [6.07, 6.45) is 8.11. The fraction of sp³-hybridized carbons (Fsp3) is 0.500. The minimum atomic E-state index is 0.364. The molecule has 0 saturated heterocycles. The van der Waals surface area contributed by atoms with Gasteiger partial charge in [-0.2, -0.15) is 16.9 Å². The number of hydrogen-bond donors (Lipinski definition) is 1. The Morgan fingerprint density at radius 1 is 1.36 bits per heavy atom. The Balaban J connectivity index is 1.65. The lowest BCUT2D eigenvalue weighted by Gasteiger charge is -2.34. The molecule has 4 heterocycles. The summed E-state index contributed by atoms with van der Waals surface area (Å²) in [7, 11) is 0. The Morgan fingerprint density at radius 3 is 3.08 bits per heavy atom. The zero-order valence-electron chi connectivity index (χ0n) is 15.0. The lowest BCUT2D eigenvalue weighted by molar-refractivity contribution is 0.168. The summed E-state index contributed by atoms with van der Waals surface area (Å²) in [5.41, 5.74) is 6.86. The molecule has 1 atom stereocenters. The van der Waals surface area contributed by atoms with Crippen LogP contribution in [-0.4, -0.2) is 48.0 Å². The van der Waals surface area contributed by atoms with Gasteiger partial charge in [0.05, 0.1) is 24.3 Å². The molecule has 7 heteroatoms. The van der Waals surface area contributed by atoms with Gasteiger partial charge in [0.2, 0.25) is 0 Å². The van der Waals surface area contributed by atoms with E-state index in [1.54, 1.807) is 0 Å². The standard InChI is InChI=1S/C18H24N6S/c1-12-8-13(2)24-18(22-12)14(9-21-24)10-23-6-4-15-17(20-11-19-15)16(23)5-7-25-3/h8-9,11,16H,4-7,10H2,1-3H3,(H,19,20)/t16-/m0/s1. The number of fused-ring (bicyclic) bond motifs is 2. The Kier molecular flexibility index (Phi) is 4.52. The molecular weight excluding hydrogens is 332 g/mol. The Labute approximate surface area is 152 Å². The fourth-order valence-corrected chi connectivity index (χ4v) is 4.25. The Bertz CT molecular complexity index is 883. The third-order valence-electron chi connectivity index (χ3n) is 4.98. The van der Waals surface area contributed by atoms with Crippen LogP contribution in [0.4, 0.5) is 0 Å². The van der Waals surface area contributed by atoms with E-state index in [-0.39, 0.29) is 0 Å². The molecule has 0 amide bonds. The fourth-order valence-electron chi connectivity index (χ4n) is 3.79. The molecule has 0 spiro atoms. The maximum Gasteiger partial charge on any atom is 0.159 e. The van der Waals surface area contributed by atoms with E-state index in [1.165, 1.54) is 17.0 Å². The molecule has 0 unspecified atom stereocenters. The second kappa shape index (κ2) is 6.80. The summed E-state index contributed by atoms with van der Waals surface area (Å²) >= 11 is 1.90. The van der Waals surface area contributed by atoms with Crippen LogP contribution in [0.2, 0.25) is 0 Å². The molecular formula is C18H24N6S. The molecule has 3 aromatic rings. The van der Waals surface area contributed by atoms with E-state index in [4.69, 9.17) is 4.98 Å². The molecule has 6 nitrogen and oxygen atoms in total. The first-order valence-electron chi connectivity index (χ1n) is 8.73. The van der Waals surface area contributed by atoms with Crippen molar-refractivity contribution in [1.82, 2.24) is 29.5 Å². The highest BCUT2D eigenvalue weighted by atomic mass is 32.2. The molecule has 0 bridgehead atoms. The first-order valence-corrected chi connectivity index (χ1v) is 10.1. The minimum Gasteiger partial charge on any atom is -0.348 e. The van der Waals surface area contributed by atoms with E-state index in [0.717, 1.165) is 48.7 Å². The van der Waals surface area contributed by atoms with Crippen molar-refractivity contribution in [3.63, 3.8) is 0 Å². The van der Waals surface area contributed by atoms with E-state index in [1.807, 2.05) is 35.7 Å². The largest absolute Gasteiger partial charge is 0.348 e. The highest BCUT2D eigenvalue weighted by Gasteiger charge is 2.30. The van der Waals surface area contributed by atoms with Crippen LogP contribution in [-0.2, 0) is 13.0 Å². The molecule has 132 valence electrons. The number of imidazole rings is 1. The number of thioether (sulfide) groups is 1. The second-order valence-electron chi connectivity index (χ2n) is 6.73. The normalized spacial score (nSPS) is 18.0. The molecule has 0 aliphatic carbocycles. The van der Waals surface area contributed by atoms with Gasteiger partial charge in [-0.25, -0.2) is 14.5 Å². The zero-order valence-corrected chi connectivity index (χ0v) is 15.8. The topological polar surface area (TPSA) is 62.1 Å². The number of nitrogens with one attached hydrogen (secondary N) is 1. The molecule has 1 aliphatic heterocycles. The third kappa shape index (κ3) is 3.06. The van der Waals surface area contributed by atoms with Gasteiger partial charge in [-0.1, -0.05) is 0 Å². The molecule has 0 saturated carbocycles. The lowest BCUT2D eigenvalue weighted by atomic mass is 10.00. The summed E-state index contributed by atoms with van der Waals surface area (Å²) < 4.78 is 1.95. The Morgan fingerprint density at radius 2 is 2.24 bits per heavy atom. The molecule has 0 aromatic carbocycles. The van der Waals surface area contributed by atoms with E-state index in [2.05, 4.69) is 39.2 Å². The van der Waals surface area contributed by atoms with Gasteiger partial charge in [0, 0.05) is 42.2 Å². The monoisotopic (exact) mass is 356 g/mol. The molecule has 1 N–H and O–H groups in total. The summed E-state index contributed by atoms with van der Waals surface area (Å²) in [6, 6.07) is 2.44. The van der Waals surface area contributed by atoms with Crippen LogP contribution in [0.1, 0.15) is 40.8 Å². The van der Waals surface area contributed by atoms with Crippen molar-refractivity contribution in [3.8, 4) is 0 Å². The summed E-state index contributed by atoms with van der Waals surface area (Å²) in [6.45, 7) is 6.03. The Hall–Kier alpha value is -1.86. The van der Waals surface area contributed by atoms with Crippen molar-refractivity contribution < 1.29 is 0 Å². The third-order valence-corrected chi connectivity index (χ3v) is 5.62. The van der Waals surface area contributed by atoms with Crippen molar-refractivity contribution in [2.24, 2.45) is 0 Å². The van der Waals surface area contributed by atoms with E-state index in [0.29, 0.717) is 6.04 Å². The molecule has 0 fully saturated rings. The number of nitrogens with zero attached hydrogens (tertiary/aromatic N) is 5. The van der Waals surface area contributed by atoms with Crippen LogP contribution < -0.4 is 0 Å². The second-order valence-corrected chi connectivity index (χ2v) is 7.71. The number of aromatic nitrogens is 5. The van der Waals surface area contributed by atoms with Gasteiger partial charge in [0.1, 0.15) is 0 Å². The van der Waals surface area contributed by atoms with E-state index >= 15 is 0 Å². The van der Waals surface area contributed by atoms with Gasteiger partial charge >= 0.3 is 0 Å². The van der Waals surface area contributed by atoms with Crippen LogP contribution >= 0.6 is 11.8 Å². The summed E-state index contributed by atoms with van der Waals surface area (Å²) in [5.74, 6) is 1.14. The van der Waals surface area contributed by atoms with Gasteiger partial charge in [-0.05, 0) is 38.3 Å². The van der Waals surface area contributed by atoms with Crippen LogP contribution in [0, 0.1) is 13.8 Å². The number of hydrogen-bond acceptors (Lipinski definition) is 5. The number of aromatic amines is 1. The van der Waals surface area contributed by atoms with Crippen LogP contribution in [0.25, 0.3) is 5.65 Å². The maximum atomic E-state index is 4.73. The van der Waals surface area contributed by atoms with Gasteiger partial charge in [0.25, 0.3) is 0 Å². The van der Waals surface area contributed by atoms with Crippen LogP contribution in [0.3, 0.4) is 0 Å². The maximum absolute atomic E-state index is 4.73. The first kappa shape index (κ1) is 16.6. The molecule has 4 rings (SSSR count). The highest BCUT2D eigenvalue weighted by molar-refractivity contribution is 7.98. The molecule has 25 heavy (non-hydrogen) atoms. The van der Waals surface area contributed by atoms with Crippen molar-refractivity contribution in [2.45, 2.75) is 39.3 Å². The van der Waals surface area contributed by atoms with Gasteiger partial charge in [-0.3, -0.25) is 4.90 Å². The predicted octanol–water partition coefficient (Wildman–Crippen LogP) is 2.92. The molecule has 1 aliphatic rings. The van der Waals surface area contributed by atoms with Crippen molar-refractivity contribution in [3.05, 3.63) is 46.9 Å². The zero-order chi connectivity index (χ0) is 17.4. The predicted molar refractivity (Wildman–Crippen MR) is 101 cm³/mol. The number of rotatable bonds is 5. The smallest absolute Gasteiger partial charge is 0.159 e. The average molecular weight is 356 g/mol. The summed E-state index contributed by atoms with van der Waals surface area (Å²) in [4.78, 5) is 15.2. The number of aryl methyl sites for hydroxylation is 2. The molecule has 3 aromatic heterocycles. The molecule has 0 radical (unpaired) electrons. The van der Waals surface area contributed by atoms with Crippen molar-refractivity contribution in [2.75, 3.05) is 18.6 Å². The van der Waals surface area contributed by atoms with Crippen molar-refractivity contribution >= 4 is 17.4 Å². The van der Waals surface area contributed by atoms with Crippen LogP contribution in [0.5, 0.6) is 0 Å². The van der Waals surface area contributed by atoms with E-state index < -0.39 is 0 Å². The SMILES string of the molecule is CSCC[C@H]1c2nc[nH]c2CCN1Cc1cnn2c(C)cc(C)nc12. The van der Waals surface area contributed by atoms with Gasteiger partial charge in [0.15, 0.2) is 5.65 Å². The minimum absolute atomic E-state index is 0.364.